The van der Waals surface area contributed by atoms with Crippen molar-refractivity contribution in [3.63, 3.8) is 0 Å². The van der Waals surface area contributed by atoms with Crippen molar-refractivity contribution in [2.24, 2.45) is 0 Å². The van der Waals surface area contributed by atoms with Crippen LogP contribution in [0.1, 0.15) is 11.5 Å². The van der Waals surface area contributed by atoms with Gasteiger partial charge in [0.2, 0.25) is 0 Å². The standard InChI is InChI=1S/C69H45N7/c1-2-19-44(20-3-1)67-70-68(45-21-18-22-47(41-45)73-57-30-11-4-23-49(57)50-24-5-12-31-58(50)73)72-69(71-67)46-37-40-64(66(42-46)75-61-34-15-8-27-53(61)54-28-9-16-35-62(54)75)76-63-36-17-10-29-55(63)56-39-38-48(43-65(56)76)74-59-32-13-6-25-51(59)52-26-7-14-33-60(52)74/h1-43,53,61H. The van der Waals surface area contributed by atoms with Crippen LogP contribution in [0.3, 0.4) is 0 Å². The Morgan fingerprint density at radius 3 is 1.38 bits per heavy atom. The van der Waals surface area contributed by atoms with E-state index in [9.17, 15) is 0 Å². The van der Waals surface area contributed by atoms with Crippen LogP contribution >= 0.6 is 0 Å². The molecule has 0 saturated carbocycles. The Labute approximate surface area is 437 Å². The Kier molecular flexibility index (Phi) is 9.32. The van der Waals surface area contributed by atoms with Crippen LogP contribution in [0.15, 0.2) is 261 Å². The van der Waals surface area contributed by atoms with Crippen LogP contribution in [-0.2, 0) is 0 Å². The van der Waals surface area contributed by atoms with Gasteiger partial charge in [0.05, 0.1) is 50.5 Å². The zero-order chi connectivity index (χ0) is 49.8. The molecular formula is C69H45N7. The van der Waals surface area contributed by atoms with Crippen molar-refractivity contribution in [3.8, 4) is 51.2 Å². The monoisotopic (exact) mass is 971 g/mol. The van der Waals surface area contributed by atoms with Gasteiger partial charge in [-0.2, -0.15) is 0 Å². The van der Waals surface area contributed by atoms with Crippen LogP contribution in [0.25, 0.3) is 117 Å². The maximum absolute atomic E-state index is 5.44. The summed E-state index contributed by atoms with van der Waals surface area (Å²) < 4.78 is 7.24. The summed E-state index contributed by atoms with van der Waals surface area (Å²) in [7, 11) is 0. The van der Waals surface area contributed by atoms with Crippen molar-refractivity contribution in [2.45, 2.75) is 12.0 Å². The molecule has 2 unspecified atom stereocenters. The number of rotatable bonds is 7. The zero-order valence-electron chi connectivity index (χ0n) is 41.1. The van der Waals surface area contributed by atoms with Gasteiger partial charge in [-0.1, -0.05) is 182 Å². The van der Waals surface area contributed by atoms with Crippen molar-refractivity contribution in [2.75, 3.05) is 4.90 Å². The lowest BCUT2D eigenvalue weighted by Gasteiger charge is -2.31. The fourth-order valence-corrected chi connectivity index (χ4v) is 12.5. The summed E-state index contributed by atoms with van der Waals surface area (Å²) in [5.41, 5.74) is 16.4. The summed E-state index contributed by atoms with van der Waals surface area (Å²) in [4.78, 5) is 18.6. The average Bonchev–Trinajstić information content (AvgIpc) is 4.31. The van der Waals surface area contributed by atoms with Crippen LogP contribution in [0.4, 0.5) is 11.4 Å². The number of benzene rings is 10. The highest BCUT2D eigenvalue weighted by Gasteiger charge is 2.39. The predicted octanol–water partition coefficient (Wildman–Crippen LogP) is 16.9. The minimum absolute atomic E-state index is 0.0371. The summed E-state index contributed by atoms with van der Waals surface area (Å²) in [5.74, 6) is 1.98. The lowest BCUT2D eigenvalue weighted by atomic mass is 9.91. The molecule has 14 aromatic rings. The quantitative estimate of drug-likeness (QED) is 0.160. The van der Waals surface area contributed by atoms with E-state index in [1.807, 2.05) is 18.2 Å². The van der Waals surface area contributed by atoms with Crippen LogP contribution in [-0.4, -0.2) is 34.7 Å². The molecule has 1 aliphatic heterocycles. The van der Waals surface area contributed by atoms with E-state index in [4.69, 9.17) is 15.0 Å². The molecule has 356 valence electrons. The molecule has 0 saturated heterocycles. The molecule has 0 bridgehead atoms. The molecular weight excluding hydrogens is 927 g/mol. The number of fused-ring (bicyclic) bond motifs is 12. The van der Waals surface area contributed by atoms with Gasteiger partial charge in [-0.05, 0) is 84.4 Å². The van der Waals surface area contributed by atoms with E-state index in [-0.39, 0.29) is 12.0 Å². The smallest absolute Gasteiger partial charge is 0.164 e. The van der Waals surface area contributed by atoms with Gasteiger partial charge in [0.1, 0.15) is 0 Å². The second kappa shape index (κ2) is 16.7. The molecule has 7 nitrogen and oxygen atoms in total. The third kappa shape index (κ3) is 6.39. The maximum atomic E-state index is 5.44. The van der Waals surface area contributed by atoms with Crippen molar-refractivity contribution >= 4 is 76.8 Å². The van der Waals surface area contributed by atoms with E-state index >= 15 is 0 Å². The van der Waals surface area contributed by atoms with Gasteiger partial charge in [0.25, 0.3) is 0 Å². The highest BCUT2D eigenvalue weighted by Crippen LogP contribution is 2.51. The highest BCUT2D eigenvalue weighted by molar-refractivity contribution is 6.13. The fraction of sp³-hybridized carbons (Fsp3) is 0.0290. The molecule has 0 radical (unpaired) electrons. The number of para-hydroxylation sites is 6. The fourth-order valence-electron chi connectivity index (χ4n) is 12.5. The van der Waals surface area contributed by atoms with E-state index in [1.54, 1.807) is 0 Å². The molecule has 10 aromatic carbocycles. The number of anilines is 2. The second-order valence-corrected chi connectivity index (χ2v) is 19.9. The maximum Gasteiger partial charge on any atom is 0.164 e. The number of aromatic nitrogens is 6. The van der Waals surface area contributed by atoms with Crippen LogP contribution in [0, 0.1) is 0 Å². The SMILES string of the molecule is C1=CC2c3ccccc3N(c3cc(-c4nc(-c5ccccc5)nc(-c5cccc(-n6c7ccccc7c7ccccc76)c5)n4)ccc3-n3c4ccccc4c4ccc(-n5c6ccccc6c6ccccc65)cc43)C2C=C1. The molecule has 4 aromatic heterocycles. The van der Waals surface area contributed by atoms with Crippen molar-refractivity contribution < 1.29 is 0 Å². The topological polar surface area (TPSA) is 56.7 Å². The Morgan fingerprint density at radius 2 is 0.763 bits per heavy atom. The predicted molar refractivity (Wildman–Crippen MR) is 313 cm³/mol. The molecule has 16 rings (SSSR count). The van der Waals surface area contributed by atoms with E-state index in [0.29, 0.717) is 17.5 Å². The largest absolute Gasteiger partial charge is 0.332 e. The summed E-state index contributed by atoms with van der Waals surface area (Å²) in [6.45, 7) is 0. The Hall–Kier alpha value is -10.1. The number of hydrogen-bond donors (Lipinski definition) is 0. The van der Waals surface area contributed by atoms with E-state index in [0.717, 1.165) is 61.5 Å². The summed E-state index contributed by atoms with van der Waals surface area (Å²) in [6.07, 6.45) is 9.09. The molecule has 0 spiro atoms. The summed E-state index contributed by atoms with van der Waals surface area (Å²) in [5, 5.41) is 7.29. The van der Waals surface area contributed by atoms with Gasteiger partial charge in [-0.3, -0.25) is 0 Å². The van der Waals surface area contributed by atoms with Gasteiger partial charge in [0.15, 0.2) is 17.5 Å². The first-order valence-corrected chi connectivity index (χ1v) is 26.0. The molecule has 0 N–H and O–H groups in total. The van der Waals surface area contributed by atoms with Gasteiger partial charge in [-0.15, -0.1) is 0 Å². The summed E-state index contributed by atoms with van der Waals surface area (Å²) in [6, 6.07) is 85.1. The first-order chi connectivity index (χ1) is 37.7. The van der Waals surface area contributed by atoms with Crippen molar-refractivity contribution in [3.05, 3.63) is 266 Å². The molecule has 5 heterocycles. The molecule has 2 atom stereocenters. The third-order valence-corrected chi connectivity index (χ3v) is 15.8. The molecule has 0 amide bonds. The van der Waals surface area contributed by atoms with Crippen molar-refractivity contribution in [1.29, 1.82) is 0 Å². The average molecular weight is 972 g/mol. The molecule has 76 heavy (non-hydrogen) atoms. The van der Waals surface area contributed by atoms with Crippen molar-refractivity contribution in [1.82, 2.24) is 28.7 Å². The second-order valence-electron chi connectivity index (χ2n) is 19.9. The third-order valence-electron chi connectivity index (χ3n) is 15.8. The minimum Gasteiger partial charge on any atom is -0.332 e. The zero-order valence-corrected chi connectivity index (χ0v) is 41.1. The highest BCUT2D eigenvalue weighted by atomic mass is 15.2. The first kappa shape index (κ1) is 42.4. The van der Waals surface area contributed by atoms with E-state index in [1.165, 1.54) is 54.6 Å². The van der Waals surface area contributed by atoms with Crippen LogP contribution in [0.5, 0.6) is 0 Å². The number of hydrogen-bond acceptors (Lipinski definition) is 4. The Morgan fingerprint density at radius 1 is 0.289 bits per heavy atom. The summed E-state index contributed by atoms with van der Waals surface area (Å²) >= 11 is 0. The number of allylic oxidation sites excluding steroid dienone is 2. The minimum atomic E-state index is 0.0371. The first-order valence-electron chi connectivity index (χ1n) is 26.0. The van der Waals surface area contributed by atoms with E-state index in [2.05, 4.69) is 261 Å². The van der Waals surface area contributed by atoms with Gasteiger partial charge in [0, 0.05) is 72.0 Å². The molecule has 7 heteroatoms. The lowest BCUT2D eigenvalue weighted by molar-refractivity contribution is 0.743. The lowest BCUT2D eigenvalue weighted by Crippen LogP contribution is -2.29. The van der Waals surface area contributed by atoms with Gasteiger partial charge >= 0.3 is 0 Å². The van der Waals surface area contributed by atoms with Gasteiger partial charge < -0.3 is 18.6 Å². The number of nitrogens with zero attached hydrogens (tertiary/aromatic N) is 7. The van der Waals surface area contributed by atoms with Gasteiger partial charge in [-0.25, -0.2) is 15.0 Å². The molecule has 0 fully saturated rings. The molecule has 2 aliphatic rings. The van der Waals surface area contributed by atoms with Crippen LogP contribution in [0.2, 0.25) is 0 Å². The normalized spacial score (nSPS) is 15.0. The Balaban J connectivity index is 0.933. The van der Waals surface area contributed by atoms with Crippen LogP contribution < -0.4 is 4.90 Å². The Bertz CT molecular complexity index is 4640. The van der Waals surface area contributed by atoms with E-state index < -0.39 is 0 Å². The molecule has 1 aliphatic carbocycles.